The highest BCUT2D eigenvalue weighted by Crippen LogP contribution is 2.27. The van der Waals surface area contributed by atoms with Crippen molar-refractivity contribution in [2.24, 2.45) is 0 Å². The molecule has 5 rings (SSSR count). The highest BCUT2D eigenvalue weighted by Gasteiger charge is 2.20. The molecule has 0 fully saturated rings. The number of carboxylic acid groups (broad SMARTS) is 1. The van der Waals surface area contributed by atoms with Crippen LogP contribution >= 0.6 is 0 Å². The summed E-state index contributed by atoms with van der Waals surface area (Å²) in [7, 11) is 0. The molecular formula is C38H36N2O5. The second-order valence-corrected chi connectivity index (χ2v) is 10.6. The largest absolute Gasteiger partial charge is 0.494 e. The third kappa shape index (κ3) is 9.21. The number of anilines is 2. The SMILES string of the molecule is O=C(Oc1ccccc1NC(Cc1ccc(OCCCNc2ccccc2Cc2ccccc2)cc1)C(=O)O)c1ccccc1. The molecular weight excluding hydrogens is 564 g/mol. The van der Waals surface area contributed by atoms with Crippen molar-refractivity contribution in [3.05, 3.63) is 156 Å². The summed E-state index contributed by atoms with van der Waals surface area (Å²) in [5.41, 5.74) is 5.32. The zero-order valence-electron chi connectivity index (χ0n) is 24.9. The van der Waals surface area contributed by atoms with Crippen LogP contribution in [0.3, 0.4) is 0 Å². The van der Waals surface area contributed by atoms with Gasteiger partial charge in [-0.25, -0.2) is 9.59 Å². The number of esters is 1. The molecule has 1 unspecified atom stereocenters. The lowest BCUT2D eigenvalue weighted by molar-refractivity contribution is -0.137. The van der Waals surface area contributed by atoms with Gasteiger partial charge in [0.15, 0.2) is 5.75 Å². The number of nitrogens with one attached hydrogen (secondary N) is 2. The number of carbonyl (C=O) groups excluding carboxylic acids is 1. The monoisotopic (exact) mass is 600 g/mol. The Morgan fingerprint density at radius 2 is 1.33 bits per heavy atom. The van der Waals surface area contributed by atoms with Crippen molar-refractivity contribution >= 4 is 23.3 Å². The average molecular weight is 601 g/mol. The van der Waals surface area contributed by atoms with E-state index < -0.39 is 18.0 Å². The lowest BCUT2D eigenvalue weighted by atomic mass is 10.0. The van der Waals surface area contributed by atoms with Crippen LogP contribution in [0.4, 0.5) is 11.4 Å². The molecule has 5 aromatic carbocycles. The van der Waals surface area contributed by atoms with Crippen LogP contribution in [0, 0.1) is 0 Å². The fourth-order valence-corrected chi connectivity index (χ4v) is 4.90. The fraction of sp³-hybridized carbons (Fsp3) is 0.158. The van der Waals surface area contributed by atoms with Gasteiger partial charge in [0.05, 0.1) is 17.9 Å². The van der Waals surface area contributed by atoms with Crippen LogP contribution in [0.1, 0.15) is 33.5 Å². The van der Waals surface area contributed by atoms with Crippen molar-refractivity contribution < 1.29 is 24.2 Å². The van der Waals surface area contributed by atoms with Crippen LogP contribution in [0.25, 0.3) is 0 Å². The van der Waals surface area contributed by atoms with E-state index in [-0.39, 0.29) is 12.2 Å². The smallest absolute Gasteiger partial charge is 0.343 e. The molecule has 5 aromatic rings. The van der Waals surface area contributed by atoms with E-state index in [0.717, 1.165) is 36.4 Å². The van der Waals surface area contributed by atoms with Gasteiger partial charge in [-0.1, -0.05) is 91.0 Å². The number of carbonyl (C=O) groups is 2. The predicted octanol–water partition coefficient (Wildman–Crippen LogP) is 7.49. The number of carboxylic acids is 1. The van der Waals surface area contributed by atoms with Crippen molar-refractivity contribution in [1.29, 1.82) is 0 Å². The third-order valence-corrected chi connectivity index (χ3v) is 7.25. The molecule has 0 radical (unpaired) electrons. The molecule has 7 nitrogen and oxygen atoms in total. The van der Waals surface area contributed by atoms with Gasteiger partial charge in [-0.2, -0.15) is 0 Å². The number of benzene rings is 5. The van der Waals surface area contributed by atoms with E-state index in [0.29, 0.717) is 17.9 Å². The van der Waals surface area contributed by atoms with Crippen LogP contribution < -0.4 is 20.1 Å². The molecule has 228 valence electrons. The van der Waals surface area contributed by atoms with Gasteiger partial charge in [0, 0.05) is 18.7 Å². The summed E-state index contributed by atoms with van der Waals surface area (Å²) >= 11 is 0. The van der Waals surface area contributed by atoms with Gasteiger partial charge < -0.3 is 25.2 Å². The molecule has 0 bridgehead atoms. The summed E-state index contributed by atoms with van der Waals surface area (Å²) in [6.07, 6.45) is 1.92. The Hall–Kier alpha value is -5.56. The van der Waals surface area contributed by atoms with Crippen LogP contribution in [-0.2, 0) is 17.6 Å². The standard InChI is InChI=1S/C38H36N2O5/c41-37(42)35(40-34-18-9-10-19-36(34)45-38(43)30-14-5-2-6-15-30)27-29-20-22-32(23-21-29)44-25-11-24-39-33-17-8-7-16-31(33)26-28-12-3-1-4-13-28/h1-10,12-23,35,39-40H,11,24-27H2,(H,41,42). The summed E-state index contributed by atoms with van der Waals surface area (Å²) < 4.78 is 11.5. The van der Waals surface area contributed by atoms with E-state index in [2.05, 4.69) is 53.1 Å². The van der Waals surface area contributed by atoms with Gasteiger partial charge in [0.25, 0.3) is 0 Å². The summed E-state index contributed by atoms with van der Waals surface area (Å²) in [4.78, 5) is 24.7. The molecule has 3 N–H and O–H groups in total. The van der Waals surface area contributed by atoms with E-state index >= 15 is 0 Å². The molecule has 1 atom stereocenters. The highest BCUT2D eigenvalue weighted by atomic mass is 16.5. The Labute approximate surface area is 263 Å². The Bertz CT molecular complexity index is 1670. The fourth-order valence-electron chi connectivity index (χ4n) is 4.90. The van der Waals surface area contributed by atoms with Crippen LogP contribution in [0.2, 0.25) is 0 Å². The molecule has 0 amide bonds. The van der Waals surface area contributed by atoms with Gasteiger partial charge in [0.2, 0.25) is 0 Å². The Balaban J connectivity index is 1.10. The van der Waals surface area contributed by atoms with Crippen molar-refractivity contribution in [3.63, 3.8) is 0 Å². The molecule has 0 aliphatic carbocycles. The number of para-hydroxylation sites is 3. The summed E-state index contributed by atoms with van der Waals surface area (Å²) in [6.45, 7) is 1.32. The molecule has 0 spiro atoms. The van der Waals surface area contributed by atoms with Crippen LogP contribution in [-0.4, -0.2) is 36.2 Å². The van der Waals surface area contributed by atoms with Crippen LogP contribution in [0.5, 0.6) is 11.5 Å². The first-order chi connectivity index (χ1) is 22.0. The Morgan fingerprint density at radius 3 is 2.07 bits per heavy atom. The molecule has 0 saturated heterocycles. The average Bonchev–Trinajstić information content (AvgIpc) is 3.07. The van der Waals surface area contributed by atoms with Crippen molar-refractivity contribution in [2.75, 3.05) is 23.8 Å². The Morgan fingerprint density at radius 1 is 0.689 bits per heavy atom. The van der Waals surface area contributed by atoms with E-state index in [9.17, 15) is 14.7 Å². The van der Waals surface area contributed by atoms with Gasteiger partial charge in [0.1, 0.15) is 11.8 Å². The molecule has 7 heteroatoms. The number of aliphatic carboxylic acids is 1. The molecule has 0 saturated carbocycles. The number of hydrogen-bond acceptors (Lipinski definition) is 6. The van der Waals surface area contributed by atoms with Crippen molar-refractivity contribution in [1.82, 2.24) is 0 Å². The second-order valence-electron chi connectivity index (χ2n) is 10.6. The number of ether oxygens (including phenoxy) is 2. The maximum absolute atomic E-state index is 12.6. The molecule has 0 aliphatic heterocycles. The van der Waals surface area contributed by atoms with E-state index in [1.54, 1.807) is 48.5 Å². The van der Waals surface area contributed by atoms with E-state index in [1.807, 2.05) is 42.5 Å². The Kier molecular flexibility index (Phi) is 10.8. The van der Waals surface area contributed by atoms with Crippen LogP contribution in [0.15, 0.2) is 133 Å². The highest BCUT2D eigenvalue weighted by molar-refractivity contribution is 5.92. The van der Waals surface area contributed by atoms with Crippen molar-refractivity contribution in [2.45, 2.75) is 25.3 Å². The normalized spacial score (nSPS) is 11.3. The number of hydrogen-bond donors (Lipinski definition) is 3. The zero-order chi connectivity index (χ0) is 31.3. The van der Waals surface area contributed by atoms with Gasteiger partial charge in [-0.05, 0) is 72.0 Å². The van der Waals surface area contributed by atoms with Gasteiger partial charge in [-0.3, -0.25) is 0 Å². The lowest BCUT2D eigenvalue weighted by Crippen LogP contribution is -2.31. The molecule has 0 aromatic heterocycles. The minimum Gasteiger partial charge on any atom is -0.494 e. The molecule has 0 aliphatic rings. The first kappa shape index (κ1) is 30.9. The van der Waals surface area contributed by atoms with Gasteiger partial charge >= 0.3 is 11.9 Å². The third-order valence-electron chi connectivity index (χ3n) is 7.25. The lowest BCUT2D eigenvalue weighted by Gasteiger charge is -2.18. The summed E-state index contributed by atoms with van der Waals surface area (Å²) in [5.74, 6) is -0.551. The first-order valence-corrected chi connectivity index (χ1v) is 15.0. The first-order valence-electron chi connectivity index (χ1n) is 15.0. The van der Waals surface area contributed by atoms with E-state index in [4.69, 9.17) is 9.47 Å². The second kappa shape index (κ2) is 15.8. The van der Waals surface area contributed by atoms with Gasteiger partial charge in [-0.15, -0.1) is 0 Å². The maximum atomic E-state index is 12.6. The van der Waals surface area contributed by atoms with Crippen molar-refractivity contribution in [3.8, 4) is 11.5 Å². The number of rotatable bonds is 15. The summed E-state index contributed by atoms with van der Waals surface area (Å²) in [5, 5.41) is 16.5. The molecule has 45 heavy (non-hydrogen) atoms. The quantitative estimate of drug-likeness (QED) is 0.0651. The summed E-state index contributed by atoms with van der Waals surface area (Å²) in [6, 6.07) is 40.7. The molecule has 0 heterocycles. The minimum absolute atomic E-state index is 0.225. The predicted molar refractivity (Wildman–Crippen MR) is 177 cm³/mol. The minimum atomic E-state index is -1.02. The zero-order valence-corrected chi connectivity index (χ0v) is 24.9. The van der Waals surface area contributed by atoms with E-state index in [1.165, 1.54) is 11.1 Å². The topological polar surface area (TPSA) is 96.9 Å². The maximum Gasteiger partial charge on any atom is 0.343 e.